The Kier molecular flexibility index (Phi) is 4.98. The van der Waals surface area contributed by atoms with Gasteiger partial charge in [0.1, 0.15) is 5.75 Å². The number of ether oxygens (including phenoxy) is 1. The molecule has 0 saturated heterocycles. The SMILES string of the molecule is CCCCOc1ccc(Cl)cc1C=NO. The van der Waals surface area contributed by atoms with Gasteiger partial charge in [-0.1, -0.05) is 30.1 Å². The average molecular weight is 228 g/mol. The molecule has 1 rings (SSSR count). The molecule has 0 aliphatic rings. The Hall–Kier alpha value is -1.22. The number of unbranched alkanes of at least 4 members (excludes halogenated alkanes) is 1. The van der Waals surface area contributed by atoms with Gasteiger partial charge in [-0.2, -0.15) is 0 Å². The molecule has 0 fully saturated rings. The molecular weight excluding hydrogens is 214 g/mol. The highest BCUT2D eigenvalue weighted by atomic mass is 35.5. The number of oxime groups is 1. The van der Waals surface area contributed by atoms with E-state index in [9.17, 15) is 0 Å². The maximum absolute atomic E-state index is 8.48. The lowest BCUT2D eigenvalue weighted by atomic mass is 10.2. The number of hydrogen-bond acceptors (Lipinski definition) is 3. The maximum atomic E-state index is 8.48. The Morgan fingerprint density at radius 1 is 1.53 bits per heavy atom. The summed E-state index contributed by atoms with van der Waals surface area (Å²) in [5.41, 5.74) is 0.682. The third-order valence-electron chi connectivity index (χ3n) is 1.92. The molecule has 1 aromatic rings. The van der Waals surface area contributed by atoms with Crippen LogP contribution in [0, 0.1) is 0 Å². The minimum absolute atomic E-state index is 0.591. The minimum atomic E-state index is 0.591. The minimum Gasteiger partial charge on any atom is -0.493 e. The Morgan fingerprint density at radius 2 is 2.33 bits per heavy atom. The molecule has 0 radical (unpaired) electrons. The predicted molar refractivity (Wildman–Crippen MR) is 61.2 cm³/mol. The predicted octanol–water partition coefficient (Wildman–Crippen LogP) is 3.33. The van der Waals surface area contributed by atoms with Gasteiger partial charge in [0.2, 0.25) is 0 Å². The molecule has 1 aromatic carbocycles. The Bertz CT molecular complexity index is 339. The van der Waals surface area contributed by atoms with Crippen molar-refractivity contribution in [1.29, 1.82) is 0 Å². The van der Waals surface area contributed by atoms with Gasteiger partial charge in [-0.3, -0.25) is 0 Å². The van der Waals surface area contributed by atoms with Crippen LogP contribution in [0.2, 0.25) is 5.02 Å². The van der Waals surface area contributed by atoms with E-state index >= 15 is 0 Å². The third-order valence-corrected chi connectivity index (χ3v) is 2.16. The van der Waals surface area contributed by atoms with Crippen molar-refractivity contribution in [3.63, 3.8) is 0 Å². The maximum Gasteiger partial charge on any atom is 0.128 e. The standard InChI is InChI=1S/C11H14ClNO2/c1-2-3-6-15-11-5-4-10(12)7-9(11)8-13-14/h4-5,7-8,14H,2-3,6H2,1H3. The molecule has 0 unspecified atom stereocenters. The largest absolute Gasteiger partial charge is 0.493 e. The molecule has 82 valence electrons. The van der Waals surface area contributed by atoms with Crippen molar-refractivity contribution in [1.82, 2.24) is 0 Å². The molecule has 0 saturated carbocycles. The van der Waals surface area contributed by atoms with E-state index in [1.807, 2.05) is 0 Å². The van der Waals surface area contributed by atoms with Crippen LogP contribution in [-0.2, 0) is 0 Å². The molecule has 1 N–H and O–H groups in total. The van der Waals surface area contributed by atoms with E-state index in [0.717, 1.165) is 12.8 Å². The van der Waals surface area contributed by atoms with Crippen molar-refractivity contribution in [2.45, 2.75) is 19.8 Å². The van der Waals surface area contributed by atoms with Crippen LogP contribution in [0.3, 0.4) is 0 Å². The van der Waals surface area contributed by atoms with Gasteiger partial charge in [-0.15, -0.1) is 0 Å². The highest BCUT2D eigenvalue weighted by Gasteiger charge is 2.02. The number of halogens is 1. The first-order chi connectivity index (χ1) is 7.27. The van der Waals surface area contributed by atoms with Gasteiger partial charge >= 0.3 is 0 Å². The molecule has 0 aliphatic carbocycles. The summed E-state index contributed by atoms with van der Waals surface area (Å²) in [5, 5.41) is 12.0. The molecule has 0 aromatic heterocycles. The summed E-state index contributed by atoms with van der Waals surface area (Å²) in [6.07, 6.45) is 3.39. The van der Waals surface area contributed by atoms with Gasteiger partial charge in [0.05, 0.1) is 12.8 Å². The molecule has 0 amide bonds. The van der Waals surface area contributed by atoms with Gasteiger partial charge < -0.3 is 9.94 Å². The van der Waals surface area contributed by atoms with Crippen LogP contribution < -0.4 is 4.74 Å². The second kappa shape index (κ2) is 6.30. The summed E-state index contributed by atoms with van der Waals surface area (Å²) in [4.78, 5) is 0. The molecule has 0 bridgehead atoms. The lowest BCUT2D eigenvalue weighted by Crippen LogP contribution is -1.99. The van der Waals surface area contributed by atoms with E-state index in [2.05, 4.69) is 12.1 Å². The van der Waals surface area contributed by atoms with Crippen LogP contribution >= 0.6 is 11.6 Å². The van der Waals surface area contributed by atoms with Crippen molar-refractivity contribution >= 4 is 17.8 Å². The summed E-state index contributed by atoms with van der Waals surface area (Å²) in [6, 6.07) is 5.22. The van der Waals surface area contributed by atoms with Crippen LogP contribution in [-0.4, -0.2) is 18.0 Å². The summed E-state index contributed by atoms with van der Waals surface area (Å²) in [6.45, 7) is 2.76. The van der Waals surface area contributed by atoms with E-state index in [1.165, 1.54) is 6.21 Å². The molecule has 15 heavy (non-hydrogen) atoms. The lowest BCUT2D eigenvalue weighted by Gasteiger charge is -2.08. The zero-order chi connectivity index (χ0) is 11.1. The smallest absolute Gasteiger partial charge is 0.128 e. The number of rotatable bonds is 5. The number of benzene rings is 1. The summed E-state index contributed by atoms with van der Waals surface area (Å²) >= 11 is 5.82. The fourth-order valence-electron chi connectivity index (χ4n) is 1.14. The fraction of sp³-hybridized carbons (Fsp3) is 0.364. The molecule has 0 aliphatic heterocycles. The highest BCUT2D eigenvalue weighted by Crippen LogP contribution is 2.21. The van der Waals surface area contributed by atoms with Gasteiger partial charge in [-0.25, -0.2) is 0 Å². The monoisotopic (exact) mass is 227 g/mol. The summed E-state index contributed by atoms with van der Waals surface area (Å²) in [7, 11) is 0. The van der Waals surface area contributed by atoms with Crippen molar-refractivity contribution in [3.8, 4) is 5.75 Å². The van der Waals surface area contributed by atoms with Crippen molar-refractivity contribution in [2.24, 2.45) is 5.16 Å². The Balaban J connectivity index is 2.76. The topological polar surface area (TPSA) is 41.8 Å². The molecule has 0 spiro atoms. The van der Waals surface area contributed by atoms with Crippen molar-refractivity contribution in [3.05, 3.63) is 28.8 Å². The molecular formula is C11H14ClNO2. The molecule has 0 atom stereocenters. The molecule has 4 heteroatoms. The zero-order valence-corrected chi connectivity index (χ0v) is 9.37. The van der Waals surface area contributed by atoms with E-state index in [-0.39, 0.29) is 0 Å². The zero-order valence-electron chi connectivity index (χ0n) is 8.61. The fourth-order valence-corrected chi connectivity index (χ4v) is 1.32. The average Bonchev–Trinajstić information content (AvgIpc) is 2.22. The van der Waals surface area contributed by atoms with Gasteiger partial charge in [-0.05, 0) is 24.6 Å². The van der Waals surface area contributed by atoms with Crippen LogP contribution in [0.15, 0.2) is 23.4 Å². The highest BCUT2D eigenvalue weighted by molar-refractivity contribution is 6.30. The Labute approximate surface area is 94.3 Å². The lowest BCUT2D eigenvalue weighted by molar-refractivity contribution is 0.307. The van der Waals surface area contributed by atoms with Crippen molar-refractivity contribution < 1.29 is 9.94 Å². The van der Waals surface area contributed by atoms with E-state index in [0.29, 0.717) is 22.9 Å². The molecule has 0 heterocycles. The first-order valence-corrected chi connectivity index (χ1v) is 5.25. The van der Waals surface area contributed by atoms with Crippen LogP contribution in [0.25, 0.3) is 0 Å². The van der Waals surface area contributed by atoms with E-state index in [4.69, 9.17) is 21.5 Å². The van der Waals surface area contributed by atoms with Crippen molar-refractivity contribution in [2.75, 3.05) is 6.61 Å². The van der Waals surface area contributed by atoms with Crippen LogP contribution in [0.1, 0.15) is 25.3 Å². The number of hydrogen-bond donors (Lipinski definition) is 1. The van der Waals surface area contributed by atoms with Gasteiger partial charge in [0, 0.05) is 10.6 Å². The van der Waals surface area contributed by atoms with E-state index in [1.54, 1.807) is 18.2 Å². The second-order valence-electron chi connectivity index (χ2n) is 3.13. The first-order valence-electron chi connectivity index (χ1n) is 4.87. The summed E-state index contributed by atoms with van der Waals surface area (Å²) < 4.78 is 5.52. The quantitative estimate of drug-likeness (QED) is 0.363. The second-order valence-corrected chi connectivity index (χ2v) is 3.57. The number of nitrogens with zero attached hydrogens (tertiary/aromatic N) is 1. The normalized spacial score (nSPS) is 10.8. The third kappa shape index (κ3) is 3.80. The summed E-state index contributed by atoms with van der Waals surface area (Å²) in [5.74, 6) is 0.686. The van der Waals surface area contributed by atoms with E-state index < -0.39 is 0 Å². The van der Waals surface area contributed by atoms with Crippen LogP contribution in [0.5, 0.6) is 5.75 Å². The van der Waals surface area contributed by atoms with Crippen LogP contribution in [0.4, 0.5) is 0 Å². The van der Waals surface area contributed by atoms with Gasteiger partial charge in [0.25, 0.3) is 0 Å². The molecule has 3 nitrogen and oxygen atoms in total. The first kappa shape index (κ1) is 11.9. The Morgan fingerprint density at radius 3 is 3.00 bits per heavy atom. The van der Waals surface area contributed by atoms with Gasteiger partial charge in [0.15, 0.2) is 0 Å².